The Morgan fingerprint density at radius 1 is 0.640 bits per heavy atom. The van der Waals surface area contributed by atoms with Crippen LogP contribution in [-0.2, 0) is 9.09 Å². The van der Waals surface area contributed by atoms with Gasteiger partial charge in [-0.15, -0.1) is 0 Å². The second-order valence-electron chi connectivity index (χ2n) is 7.26. The van der Waals surface area contributed by atoms with Gasteiger partial charge in [-0.25, -0.2) is 0 Å². The van der Waals surface area contributed by atoms with Crippen LogP contribution in [0.2, 0.25) is 0 Å². The van der Waals surface area contributed by atoms with Gasteiger partial charge in [-0.05, 0) is 17.7 Å². The van der Waals surface area contributed by atoms with Gasteiger partial charge in [0.05, 0.1) is 6.61 Å². The first-order valence-corrected chi connectivity index (χ1v) is 16.0. The van der Waals surface area contributed by atoms with Crippen molar-refractivity contribution >= 4 is 37.6 Å². The fraction of sp³-hybridized carbons (Fsp3) is 1.00. The minimum absolute atomic E-state index is 0.530. The Hall–Kier alpha value is 1.21. The van der Waals surface area contributed by atoms with Crippen molar-refractivity contribution < 1.29 is 9.09 Å². The summed E-state index contributed by atoms with van der Waals surface area (Å²) in [5.74, 6) is 0. The SMILES string of the molecule is CCCCCCCCCCCCCCCCCCCCOP(=O)(Cl)I. The molecule has 25 heavy (non-hydrogen) atoms. The maximum atomic E-state index is 11.1. The Kier molecular flexibility index (Phi) is 20.9. The van der Waals surface area contributed by atoms with Crippen molar-refractivity contribution in [3.05, 3.63) is 0 Å². The second-order valence-corrected chi connectivity index (χ2v) is 15.2. The number of halogens is 2. The third kappa shape index (κ3) is 25.2. The third-order valence-electron chi connectivity index (χ3n) is 4.74. The van der Waals surface area contributed by atoms with Crippen LogP contribution in [0.1, 0.15) is 122 Å². The second kappa shape index (κ2) is 20.0. The van der Waals surface area contributed by atoms with E-state index in [1.807, 2.05) is 0 Å². The van der Waals surface area contributed by atoms with Crippen LogP contribution in [0.5, 0.6) is 0 Å². The van der Waals surface area contributed by atoms with Crippen LogP contribution in [-0.4, -0.2) is 6.61 Å². The first-order chi connectivity index (χ1) is 12.1. The zero-order valence-electron chi connectivity index (χ0n) is 16.5. The van der Waals surface area contributed by atoms with Crippen molar-refractivity contribution in [2.24, 2.45) is 0 Å². The summed E-state index contributed by atoms with van der Waals surface area (Å²) < 4.78 is 13.4. The zero-order chi connectivity index (χ0) is 18.6. The molecule has 0 heterocycles. The van der Waals surface area contributed by atoms with E-state index in [0.717, 1.165) is 12.8 Å². The maximum Gasteiger partial charge on any atom is 0.347 e. The quantitative estimate of drug-likeness (QED) is 0.0932. The molecule has 5 heteroatoms. The van der Waals surface area contributed by atoms with E-state index in [0.29, 0.717) is 6.61 Å². The van der Waals surface area contributed by atoms with Crippen molar-refractivity contribution in [2.45, 2.75) is 122 Å². The molecule has 0 saturated heterocycles. The molecule has 0 amide bonds. The normalized spacial score (nSPS) is 13.9. The van der Waals surface area contributed by atoms with Gasteiger partial charge < -0.3 is 4.52 Å². The molecule has 1 atom stereocenters. The fourth-order valence-electron chi connectivity index (χ4n) is 3.17. The van der Waals surface area contributed by atoms with Crippen LogP contribution in [0, 0.1) is 0 Å². The highest BCUT2D eigenvalue weighted by Gasteiger charge is 2.11. The predicted octanol–water partition coefficient (Wildman–Crippen LogP) is 9.83. The summed E-state index contributed by atoms with van der Waals surface area (Å²) in [5, 5.41) is 0. The van der Waals surface area contributed by atoms with E-state index >= 15 is 0 Å². The predicted molar refractivity (Wildman–Crippen MR) is 122 cm³/mol. The highest BCUT2D eigenvalue weighted by molar-refractivity contribution is 14.2. The van der Waals surface area contributed by atoms with Gasteiger partial charge in [0.15, 0.2) is 0 Å². The number of hydrogen-bond donors (Lipinski definition) is 0. The summed E-state index contributed by atoms with van der Waals surface area (Å²) in [5.41, 5.74) is 0. The van der Waals surface area contributed by atoms with Gasteiger partial charge in [-0.2, -0.15) is 0 Å². The van der Waals surface area contributed by atoms with E-state index in [1.165, 1.54) is 103 Å². The van der Waals surface area contributed by atoms with Crippen molar-refractivity contribution in [3.8, 4) is 0 Å². The number of hydrogen-bond acceptors (Lipinski definition) is 2. The molecule has 0 rings (SSSR count). The lowest BCUT2D eigenvalue weighted by Gasteiger charge is -2.05. The lowest BCUT2D eigenvalue weighted by Crippen LogP contribution is -1.88. The van der Waals surface area contributed by atoms with Crippen molar-refractivity contribution in [1.29, 1.82) is 0 Å². The van der Waals surface area contributed by atoms with E-state index in [-0.39, 0.29) is 0 Å². The first-order valence-electron chi connectivity index (χ1n) is 10.7. The van der Waals surface area contributed by atoms with Gasteiger partial charge in [-0.1, -0.05) is 116 Å². The van der Waals surface area contributed by atoms with Crippen LogP contribution in [0.4, 0.5) is 0 Å². The van der Waals surface area contributed by atoms with E-state index in [4.69, 9.17) is 15.8 Å². The number of rotatable bonds is 20. The summed E-state index contributed by atoms with van der Waals surface area (Å²) >= 11 is 7.22. The molecule has 0 bridgehead atoms. The molecule has 1 unspecified atom stereocenters. The number of unbranched alkanes of at least 4 members (excludes halogenated alkanes) is 17. The standard InChI is InChI=1S/C20H41ClIO2P/c1-2-3-4-5-6-7-8-9-10-11-12-13-14-15-16-17-18-19-20-24-25(21,22)23/h2-20H2,1H3. The highest BCUT2D eigenvalue weighted by atomic mass is 127. The summed E-state index contributed by atoms with van der Waals surface area (Å²) in [6.45, 7) is 2.81. The van der Waals surface area contributed by atoms with Crippen molar-refractivity contribution in [2.75, 3.05) is 6.61 Å². The molecule has 0 aliphatic carbocycles. The molecule has 0 aromatic rings. The molecule has 152 valence electrons. The Morgan fingerprint density at radius 3 is 1.20 bits per heavy atom. The lowest BCUT2D eigenvalue weighted by molar-refractivity contribution is 0.322. The Labute approximate surface area is 175 Å². The molecule has 0 aliphatic rings. The Balaban J connectivity index is 3.02. The first kappa shape index (κ1) is 26.2. The topological polar surface area (TPSA) is 26.3 Å². The molecule has 0 radical (unpaired) electrons. The average Bonchev–Trinajstić information content (AvgIpc) is 2.56. The smallest absolute Gasteiger partial charge is 0.310 e. The van der Waals surface area contributed by atoms with Crippen LogP contribution in [0.3, 0.4) is 0 Å². The molecule has 0 aromatic carbocycles. The lowest BCUT2D eigenvalue weighted by atomic mass is 10.0. The van der Waals surface area contributed by atoms with Gasteiger partial charge in [0, 0.05) is 22.0 Å². The third-order valence-corrected chi connectivity index (χ3v) is 6.35. The van der Waals surface area contributed by atoms with Crippen LogP contribution < -0.4 is 0 Å². The Bertz CT molecular complexity index is 310. The largest absolute Gasteiger partial charge is 0.347 e. The summed E-state index contributed by atoms with van der Waals surface area (Å²) in [6.07, 6.45) is 24.6. The minimum Gasteiger partial charge on any atom is -0.310 e. The highest BCUT2D eigenvalue weighted by Crippen LogP contribution is 2.60. The maximum absolute atomic E-state index is 11.1. The molecule has 0 fully saturated rings. The molecule has 0 N–H and O–H groups in total. The molecule has 0 saturated carbocycles. The summed E-state index contributed by atoms with van der Waals surface area (Å²) in [4.78, 5) is 0. The van der Waals surface area contributed by atoms with Gasteiger partial charge >= 0.3 is 4.36 Å². The van der Waals surface area contributed by atoms with E-state index in [2.05, 4.69) is 6.92 Å². The van der Waals surface area contributed by atoms with Crippen molar-refractivity contribution in [3.63, 3.8) is 0 Å². The van der Waals surface area contributed by atoms with E-state index in [1.54, 1.807) is 22.0 Å². The molecular weight excluding hydrogens is 466 g/mol. The zero-order valence-corrected chi connectivity index (χ0v) is 20.3. The average molecular weight is 507 g/mol. The van der Waals surface area contributed by atoms with Gasteiger partial charge in [0.1, 0.15) is 0 Å². The van der Waals surface area contributed by atoms with E-state index in [9.17, 15) is 4.57 Å². The molecular formula is C20H41ClIO2P. The van der Waals surface area contributed by atoms with Crippen molar-refractivity contribution in [1.82, 2.24) is 0 Å². The summed E-state index contributed by atoms with van der Waals surface area (Å²) in [6, 6.07) is 0. The molecule has 0 spiro atoms. The van der Waals surface area contributed by atoms with Crippen LogP contribution >= 0.6 is 37.6 Å². The Morgan fingerprint density at radius 2 is 0.920 bits per heavy atom. The van der Waals surface area contributed by atoms with Crippen LogP contribution in [0.25, 0.3) is 0 Å². The molecule has 2 nitrogen and oxygen atoms in total. The fourth-order valence-corrected chi connectivity index (χ4v) is 4.31. The van der Waals surface area contributed by atoms with Gasteiger partial charge in [-0.3, -0.25) is 4.57 Å². The molecule has 0 aromatic heterocycles. The van der Waals surface area contributed by atoms with Gasteiger partial charge in [0.2, 0.25) is 0 Å². The monoisotopic (exact) mass is 506 g/mol. The van der Waals surface area contributed by atoms with Gasteiger partial charge in [0.25, 0.3) is 0 Å². The summed E-state index contributed by atoms with van der Waals surface area (Å²) in [7, 11) is 0. The van der Waals surface area contributed by atoms with E-state index < -0.39 is 4.36 Å². The van der Waals surface area contributed by atoms with Crippen LogP contribution in [0.15, 0.2) is 0 Å². The minimum atomic E-state index is -2.82. The molecule has 0 aliphatic heterocycles.